The van der Waals surface area contributed by atoms with Gasteiger partial charge in [0.25, 0.3) is 0 Å². The average Bonchev–Trinajstić information content (AvgIpc) is 2.76. The molecule has 3 aromatic rings. The molecule has 146 valence electrons. The second-order valence-corrected chi connectivity index (χ2v) is 7.03. The highest BCUT2D eigenvalue weighted by Crippen LogP contribution is 2.25. The van der Waals surface area contributed by atoms with Crippen molar-refractivity contribution < 1.29 is 9.53 Å². The zero-order valence-electron chi connectivity index (χ0n) is 16.9. The number of benzene rings is 3. The summed E-state index contributed by atoms with van der Waals surface area (Å²) >= 11 is 0. The molecular formula is C27H26O2. The first-order valence-corrected chi connectivity index (χ1v) is 9.79. The molecule has 0 aliphatic heterocycles. The molecule has 0 saturated heterocycles. The van der Waals surface area contributed by atoms with Crippen LogP contribution in [0.1, 0.15) is 39.4 Å². The monoisotopic (exact) mass is 382 g/mol. The number of Topliss-reactive ketones (excluding diaryl/α,β-unsaturated/α-hetero) is 1. The minimum Gasteiger partial charge on any atom is -0.497 e. The Balaban J connectivity index is 1.78. The van der Waals surface area contributed by atoms with Gasteiger partial charge in [-0.1, -0.05) is 96.6 Å². The lowest BCUT2D eigenvalue weighted by molar-refractivity contribution is 0.0978. The fourth-order valence-corrected chi connectivity index (χ4v) is 3.23. The van der Waals surface area contributed by atoms with E-state index in [0.29, 0.717) is 6.42 Å². The molecule has 1 atom stereocenters. The number of hydrogen-bond acceptors (Lipinski definition) is 2. The molecule has 0 aromatic heterocycles. The molecule has 0 bridgehead atoms. The predicted molar refractivity (Wildman–Crippen MR) is 120 cm³/mol. The second kappa shape index (κ2) is 10.2. The SMILES string of the molecule is COc1ccc(C(/C=C/C=C/c2cccc(C)c2)CC(=O)c2ccccc2)cc1. The van der Waals surface area contributed by atoms with Crippen molar-refractivity contribution in [2.45, 2.75) is 19.3 Å². The number of aryl methyl sites for hydroxylation is 1. The van der Waals surface area contributed by atoms with Crippen LogP contribution in [0.4, 0.5) is 0 Å². The van der Waals surface area contributed by atoms with Crippen LogP contribution in [0.15, 0.2) is 97.1 Å². The van der Waals surface area contributed by atoms with Gasteiger partial charge in [0.1, 0.15) is 5.75 Å². The number of carbonyl (C=O) groups is 1. The lowest BCUT2D eigenvalue weighted by Crippen LogP contribution is -2.06. The molecule has 0 saturated carbocycles. The van der Waals surface area contributed by atoms with E-state index in [9.17, 15) is 4.79 Å². The van der Waals surface area contributed by atoms with E-state index in [0.717, 1.165) is 22.4 Å². The molecule has 29 heavy (non-hydrogen) atoms. The van der Waals surface area contributed by atoms with Gasteiger partial charge in [0.05, 0.1) is 7.11 Å². The zero-order chi connectivity index (χ0) is 20.5. The normalized spacial score (nSPS) is 12.3. The molecule has 2 nitrogen and oxygen atoms in total. The Kier molecular flexibility index (Phi) is 7.18. The Labute approximate surface area is 173 Å². The van der Waals surface area contributed by atoms with Crippen molar-refractivity contribution >= 4 is 11.9 Å². The standard InChI is InChI=1S/C27H26O2/c1-21-9-8-11-22(19-21)10-6-7-14-25(23-15-17-26(29-2)18-16-23)20-27(28)24-12-4-3-5-13-24/h3-19,25H,20H2,1-2H3/b10-6+,14-7+. The van der Waals surface area contributed by atoms with E-state index in [1.165, 1.54) is 5.56 Å². The van der Waals surface area contributed by atoms with E-state index in [-0.39, 0.29) is 11.7 Å². The highest BCUT2D eigenvalue weighted by atomic mass is 16.5. The summed E-state index contributed by atoms with van der Waals surface area (Å²) in [7, 11) is 1.65. The molecular weight excluding hydrogens is 356 g/mol. The number of allylic oxidation sites excluding steroid dienone is 3. The van der Waals surface area contributed by atoms with Crippen LogP contribution in [0.25, 0.3) is 6.08 Å². The van der Waals surface area contributed by atoms with Crippen molar-refractivity contribution in [2.24, 2.45) is 0 Å². The van der Waals surface area contributed by atoms with Gasteiger partial charge in [-0.3, -0.25) is 4.79 Å². The van der Waals surface area contributed by atoms with Crippen LogP contribution in [-0.2, 0) is 0 Å². The third-order valence-electron chi connectivity index (χ3n) is 4.83. The van der Waals surface area contributed by atoms with Crippen molar-refractivity contribution in [3.05, 3.63) is 119 Å². The summed E-state index contributed by atoms with van der Waals surface area (Å²) in [6.45, 7) is 2.09. The Hall–Kier alpha value is -3.39. The molecule has 1 unspecified atom stereocenters. The molecule has 0 N–H and O–H groups in total. The summed E-state index contributed by atoms with van der Waals surface area (Å²) in [6, 6.07) is 25.7. The first-order valence-electron chi connectivity index (χ1n) is 9.79. The van der Waals surface area contributed by atoms with E-state index < -0.39 is 0 Å². The van der Waals surface area contributed by atoms with Gasteiger partial charge in [0.2, 0.25) is 0 Å². The predicted octanol–water partition coefficient (Wildman–Crippen LogP) is 6.63. The summed E-state index contributed by atoms with van der Waals surface area (Å²) in [5, 5.41) is 0. The largest absolute Gasteiger partial charge is 0.497 e. The van der Waals surface area contributed by atoms with E-state index in [4.69, 9.17) is 4.74 Å². The van der Waals surface area contributed by atoms with Gasteiger partial charge < -0.3 is 4.74 Å². The maximum Gasteiger partial charge on any atom is 0.163 e. The number of ketones is 1. The number of methoxy groups -OCH3 is 1. The molecule has 0 amide bonds. The second-order valence-electron chi connectivity index (χ2n) is 7.03. The van der Waals surface area contributed by atoms with Crippen LogP contribution in [0.3, 0.4) is 0 Å². The van der Waals surface area contributed by atoms with Gasteiger partial charge in [-0.2, -0.15) is 0 Å². The van der Waals surface area contributed by atoms with E-state index >= 15 is 0 Å². The summed E-state index contributed by atoms with van der Waals surface area (Å²) in [5.41, 5.74) is 4.24. The van der Waals surface area contributed by atoms with Crippen molar-refractivity contribution in [3.63, 3.8) is 0 Å². The Morgan fingerprint density at radius 1 is 0.931 bits per heavy atom. The van der Waals surface area contributed by atoms with Crippen LogP contribution >= 0.6 is 0 Å². The molecule has 3 rings (SSSR count). The van der Waals surface area contributed by atoms with Gasteiger partial charge in [-0.05, 0) is 30.2 Å². The van der Waals surface area contributed by atoms with Crippen LogP contribution in [0.2, 0.25) is 0 Å². The van der Waals surface area contributed by atoms with Gasteiger partial charge >= 0.3 is 0 Å². The third kappa shape index (κ3) is 6.05. The first-order chi connectivity index (χ1) is 14.2. The third-order valence-corrected chi connectivity index (χ3v) is 4.83. The van der Waals surface area contributed by atoms with Gasteiger partial charge in [-0.25, -0.2) is 0 Å². The van der Waals surface area contributed by atoms with Crippen molar-refractivity contribution in [1.82, 2.24) is 0 Å². The van der Waals surface area contributed by atoms with Crippen LogP contribution in [-0.4, -0.2) is 12.9 Å². The maximum atomic E-state index is 12.8. The number of rotatable bonds is 8. The van der Waals surface area contributed by atoms with Crippen molar-refractivity contribution in [3.8, 4) is 5.75 Å². The van der Waals surface area contributed by atoms with Crippen molar-refractivity contribution in [1.29, 1.82) is 0 Å². The highest BCUT2D eigenvalue weighted by molar-refractivity contribution is 5.96. The van der Waals surface area contributed by atoms with E-state index in [1.807, 2.05) is 66.7 Å². The zero-order valence-corrected chi connectivity index (χ0v) is 16.9. The Morgan fingerprint density at radius 3 is 2.38 bits per heavy atom. The summed E-state index contributed by atoms with van der Waals surface area (Å²) < 4.78 is 5.26. The molecule has 0 aliphatic rings. The lowest BCUT2D eigenvalue weighted by Gasteiger charge is -2.13. The summed E-state index contributed by atoms with van der Waals surface area (Å²) in [5.74, 6) is 0.944. The molecule has 3 aromatic carbocycles. The van der Waals surface area contributed by atoms with Crippen LogP contribution in [0.5, 0.6) is 5.75 Å². The van der Waals surface area contributed by atoms with Crippen molar-refractivity contribution in [2.75, 3.05) is 7.11 Å². The van der Waals surface area contributed by atoms with E-state index in [1.54, 1.807) is 7.11 Å². The minimum atomic E-state index is -0.00392. The highest BCUT2D eigenvalue weighted by Gasteiger charge is 2.15. The molecule has 0 radical (unpaired) electrons. The summed E-state index contributed by atoms with van der Waals surface area (Å²) in [6.07, 6.45) is 8.64. The van der Waals surface area contributed by atoms with Gasteiger partial charge in [-0.15, -0.1) is 0 Å². The quantitative estimate of drug-likeness (QED) is 0.323. The van der Waals surface area contributed by atoms with Crippen LogP contribution in [0, 0.1) is 6.92 Å². The maximum absolute atomic E-state index is 12.8. The van der Waals surface area contributed by atoms with Crippen LogP contribution < -0.4 is 4.74 Å². The lowest BCUT2D eigenvalue weighted by atomic mass is 9.91. The van der Waals surface area contributed by atoms with E-state index in [2.05, 4.69) is 43.3 Å². The first kappa shape index (κ1) is 20.3. The van der Waals surface area contributed by atoms with Gasteiger partial charge in [0, 0.05) is 17.9 Å². The molecule has 0 heterocycles. The smallest absolute Gasteiger partial charge is 0.163 e. The molecule has 0 spiro atoms. The molecule has 0 aliphatic carbocycles. The molecule has 0 fully saturated rings. The Bertz CT molecular complexity index is 983. The number of hydrogen-bond donors (Lipinski definition) is 0. The summed E-state index contributed by atoms with van der Waals surface area (Å²) in [4.78, 5) is 12.8. The minimum absolute atomic E-state index is 0.00392. The fourth-order valence-electron chi connectivity index (χ4n) is 3.23. The fraction of sp³-hybridized carbons (Fsp3) is 0.148. The molecule has 2 heteroatoms. The number of ether oxygens (including phenoxy) is 1. The number of carbonyl (C=O) groups excluding carboxylic acids is 1. The topological polar surface area (TPSA) is 26.3 Å². The Morgan fingerprint density at radius 2 is 1.69 bits per heavy atom. The van der Waals surface area contributed by atoms with Gasteiger partial charge in [0.15, 0.2) is 5.78 Å². The average molecular weight is 383 g/mol.